The number of hydroxylamine groups is 2. The molecule has 1 saturated heterocycles. The van der Waals surface area contributed by atoms with Crippen molar-refractivity contribution in [3.05, 3.63) is 71.3 Å². The molecule has 0 aliphatic carbocycles. The second kappa shape index (κ2) is 31.3. The Morgan fingerprint density at radius 3 is 1.83 bits per heavy atom. The van der Waals surface area contributed by atoms with E-state index in [9.17, 15) is 38.7 Å². The number of nitrogens with zero attached hydrogens (tertiary/aromatic N) is 4. The first-order valence-electron chi connectivity index (χ1n) is 26.8. The van der Waals surface area contributed by atoms with Gasteiger partial charge < -0.3 is 38.6 Å². The topological polar surface area (TPSA) is 208 Å². The lowest BCUT2D eigenvalue weighted by Crippen LogP contribution is -2.54. The summed E-state index contributed by atoms with van der Waals surface area (Å²) in [5, 5.41) is 10.8. The molecule has 2 aliphatic heterocycles. The SMILES string of the molecule is CC[C@H](C)[C@@H]([C@@H](CC(=O)N1CCC[C@H]1[C@H](OC)[C@@H](C)C(=O)C[C@@H](Cc1ccccc1)C(=O)O)OC)N(C)C(=O)[C@@H](CC(=O)[C@H](C(C)C)N(C)CCOCCOCCOCCON1C(=O)c2ccccc2C1=O)C(C)C. The normalized spacial score (nSPS) is 18.0. The van der Waals surface area contributed by atoms with E-state index < -0.39 is 65.9 Å². The van der Waals surface area contributed by atoms with E-state index in [-0.39, 0.29) is 86.6 Å². The lowest BCUT2D eigenvalue weighted by molar-refractivity contribution is -0.149. The molecule has 0 spiro atoms. The molecular weight excluding hydrogens is 965 g/mol. The van der Waals surface area contributed by atoms with Gasteiger partial charge in [0.25, 0.3) is 11.8 Å². The number of fused-ring (bicyclic) bond motifs is 1. The number of Topliss-reactive ketones (excluding diaryl/α,β-unsaturated/α-hetero) is 2. The number of likely N-dealkylation sites (N-methyl/N-ethyl adjacent to an activating group) is 2. The third-order valence-electron chi connectivity index (χ3n) is 15.0. The van der Waals surface area contributed by atoms with Crippen LogP contribution in [0.2, 0.25) is 0 Å². The minimum atomic E-state index is -1.04. The number of carbonyl (C=O) groups excluding carboxylic acids is 6. The number of amides is 4. The van der Waals surface area contributed by atoms with Crippen molar-refractivity contribution in [3.8, 4) is 0 Å². The van der Waals surface area contributed by atoms with Crippen LogP contribution in [0, 0.1) is 35.5 Å². The highest BCUT2D eigenvalue weighted by molar-refractivity contribution is 6.20. The van der Waals surface area contributed by atoms with Gasteiger partial charge in [-0.15, -0.1) is 5.06 Å². The summed E-state index contributed by atoms with van der Waals surface area (Å²) in [5.41, 5.74) is 1.46. The summed E-state index contributed by atoms with van der Waals surface area (Å²) < 4.78 is 29.0. The highest BCUT2D eigenvalue weighted by Gasteiger charge is 2.44. The van der Waals surface area contributed by atoms with Gasteiger partial charge in [0.2, 0.25) is 11.8 Å². The fraction of sp³-hybridized carbons (Fsp3) is 0.667. The van der Waals surface area contributed by atoms with E-state index in [1.54, 1.807) is 55.1 Å². The molecule has 2 aromatic rings. The summed E-state index contributed by atoms with van der Waals surface area (Å²) >= 11 is 0. The molecule has 0 radical (unpaired) electrons. The first-order valence-corrected chi connectivity index (χ1v) is 26.8. The van der Waals surface area contributed by atoms with E-state index in [2.05, 4.69) is 0 Å². The van der Waals surface area contributed by atoms with Gasteiger partial charge in [0, 0.05) is 59.0 Å². The average molecular weight is 1050 g/mol. The number of rotatable bonds is 36. The predicted molar refractivity (Wildman–Crippen MR) is 282 cm³/mol. The number of likely N-dealkylation sites (tertiary alicyclic amines) is 1. The Balaban J connectivity index is 1.26. The van der Waals surface area contributed by atoms with Crippen molar-refractivity contribution in [1.29, 1.82) is 0 Å². The Bertz CT molecular complexity index is 2120. The van der Waals surface area contributed by atoms with Crippen LogP contribution in [0.25, 0.3) is 0 Å². The van der Waals surface area contributed by atoms with Gasteiger partial charge in [-0.3, -0.25) is 43.3 Å². The van der Waals surface area contributed by atoms with Gasteiger partial charge in [-0.1, -0.05) is 97.4 Å². The minimum Gasteiger partial charge on any atom is -0.481 e. The maximum Gasteiger partial charge on any atom is 0.307 e. The number of carboxylic acid groups (broad SMARTS) is 1. The maximum absolute atomic E-state index is 14.7. The summed E-state index contributed by atoms with van der Waals surface area (Å²) in [6.45, 7) is 16.4. The van der Waals surface area contributed by atoms with Gasteiger partial charge in [0.1, 0.15) is 5.78 Å². The minimum absolute atomic E-state index is 0.0212. The van der Waals surface area contributed by atoms with Gasteiger partial charge in [-0.2, -0.15) is 0 Å². The molecule has 2 aliphatic rings. The zero-order chi connectivity index (χ0) is 55.4. The van der Waals surface area contributed by atoms with Crippen molar-refractivity contribution in [2.75, 3.05) is 87.7 Å². The molecule has 18 heteroatoms. The van der Waals surface area contributed by atoms with Crippen LogP contribution < -0.4 is 0 Å². The molecule has 9 atom stereocenters. The number of hydrogen-bond acceptors (Lipinski definition) is 14. The molecule has 18 nitrogen and oxygen atoms in total. The second-order valence-corrected chi connectivity index (χ2v) is 20.8. The predicted octanol–water partition coefficient (Wildman–Crippen LogP) is 6.27. The van der Waals surface area contributed by atoms with Gasteiger partial charge in [-0.25, -0.2) is 0 Å². The van der Waals surface area contributed by atoms with E-state index in [1.165, 1.54) is 7.11 Å². The quantitative estimate of drug-likeness (QED) is 0.0589. The molecule has 0 unspecified atom stereocenters. The zero-order valence-corrected chi connectivity index (χ0v) is 46.4. The molecule has 4 amide bonds. The van der Waals surface area contributed by atoms with E-state index in [1.807, 2.05) is 83.8 Å². The number of imide groups is 1. The number of benzene rings is 2. The van der Waals surface area contributed by atoms with Crippen molar-refractivity contribution < 1.29 is 67.2 Å². The first kappa shape index (κ1) is 62.6. The van der Waals surface area contributed by atoms with E-state index in [0.29, 0.717) is 69.9 Å². The van der Waals surface area contributed by atoms with E-state index >= 15 is 0 Å². The van der Waals surface area contributed by atoms with Crippen molar-refractivity contribution >= 4 is 41.2 Å². The van der Waals surface area contributed by atoms with Gasteiger partial charge in [0.05, 0.1) is 100 Å². The summed E-state index contributed by atoms with van der Waals surface area (Å²) in [7, 11) is 6.69. The lowest BCUT2D eigenvalue weighted by atomic mass is 9.83. The Labute approximate surface area is 444 Å². The van der Waals surface area contributed by atoms with Crippen LogP contribution in [-0.4, -0.2) is 184 Å². The summed E-state index contributed by atoms with van der Waals surface area (Å²) in [6, 6.07) is 14.4. The molecule has 0 saturated carbocycles. The van der Waals surface area contributed by atoms with E-state index in [4.69, 9.17) is 28.5 Å². The van der Waals surface area contributed by atoms with E-state index in [0.717, 1.165) is 10.6 Å². The number of carbonyl (C=O) groups is 7. The van der Waals surface area contributed by atoms with Crippen LogP contribution in [0.4, 0.5) is 0 Å². The zero-order valence-electron chi connectivity index (χ0n) is 46.4. The molecule has 0 bridgehead atoms. The average Bonchev–Trinajstić information content (AvgIpc) is 3.97. The molecule has 1 N–H and O–H groups in total. The van der Waals surface area contributed by atoms with Crippen molar-refractivity contribution in [1.82, 2.24) is 19.8 Å². The van der Waals surface area contributed by atoms with Gasteiger partial charge in [0.15, 0.2) is 5.78 Å². The van der Waals surface area contributed by atoms with Gasteiger partial charge in [-0.05, 0) is 61.8 Å². The number of carboxylic acids is 1. The number of hydrogen-bond donors (Lipinski definition) is 1. The fourth-order valence-electron chi connectivity index (χ4n) is 10.6. The maximum atomic E-state index is 14.7. The summed E-state index contributed by atoms with van der Waals surface area (Å²) in [4.78, 5) is 105. The van der Waals surface area contributed by atoms with Crippen molar-refractivity contribution in [2.24, 2.45) is 35.5 Å². The number of methoxy groups -OCH3 is 2. The molecule has 2 aromatic carbocycles. The smallest absolute Gasteiger partial charge is 0.307 e. The van der Waals surface area contributed by atoms with Crippen LogP contribution in [0.15, 0.2) is 54.6 Å². The van der Waals surface area contributed by atoms with Crippen LogP contribution in [0.3, 0.4) is 0 Å². The third kappa shape index (κ3) is 17.5. The van der Waals surface area contributed by atoms with Gasteiger partial charge >= 0.3 is 5.97 Å². The molecule has 1 fully saturated rings. The van der Waals surface area contributed by atoms with Crippen molar-refractivity contribution in [3.63, 3.8) is 0 Å². The Morgan fingerprint density at radius 2 is 1.29 bits per heavy atom. The Kier molecular flexibility index (Phi) is 26.1. The van der Waals surface area contributed by atoms with Crippen LogP contribution in [0.5, 0.6) is 0 Å². The number of ketones is 2. The molecule has 418 valence electrons. The molecular formula is C57H86N4O14. The molecule has 4 rings (SSSR count). The Hall–Kier alpha value is -4.95. The van der Waals surface area contributed by atoms with Crippen LogP contribution in [0.1, 0.15) is 113 Å². The molecule has 0 aromatic heterocycles. The summed E-state index contributed by atoms with van der Waals surface area (Å²) in [6.07, 6.45) is 0.760. The second-order valence-electron chi connectivity index (χ2n) is 20.8. The highest BCUT2D eigenvalue weighted by atomic mass is 16.7. The standard InChI is InChI=1S/C57H86N4O14/c1-12-39(6)52(49(70-10)36-50(64)60-24-18-23-46(60)53(71-11)40(7)47(62)34-42(57(68)69)33-41-19-14-13-15-20-41)59(9)54(65)45(37(2)3)35-48(63)51(38(4)5)58(8)25-26-72-27-28-73-29-30-74-31-32-75-61-55(66)43-21-16-17-22-44(43)56(61)67/h13-17,19-22,37-40,42,45-46,49,51-53H,12,18,23-36H2,1-11H3,(H,68,69)/t39-,40-,42+,45-,46-,49+,51-,52-,53+/m0/s1. The highest BCUT2D eigenvalue weighted by Crippen LogP contribution is 2.32. The van der Waals surface area contributed by atoms with Crippen LogP contribution in [-0.2, 0) is 58.9 Å². The first-order chi connectivity index (χ1) is 35.8. The van der Waals surface area contributed by atoms with Crippen molar-refractivity contribution in [2.45, 2.75) is 124 Å². The summed E-state index contributed by atoms with van der Waals surface area (Å²) in [5.74, 6) is -5.17. The monoisotopic (exact) mass is 1050 g/mol. The molecule has 75 heavy (non-hydrogen) atoms. The lowest BCUT2D eigenvalue weighted by Gasteiger charge is -2.41. The number of aliphatic carboxylic acids is 1. The fourth-order valence-corrected chi connectivity index (χ4v) is 10.6. The third-order valence-corrected chi connectivity index (χ3v) is 15.0. The van der Waals surface area contributed by atoms with Crippen LogP contribution >= 0.6 is 0 Å². The number of ether oxygens (including phenoxy) is 5. The Morgan fingerprint density at radius 1 is 0.720 bits per heavy atom. The molecule has 2 heterocycles. The largest absolute Gasteiger partial charge is 0.481 e.